The molecule has 0 aliphatic heterocycles. The lowest BCUT2D eigenvalue weighted by molar-refractivity contribution is 0.0994. The highest BCUT2D eigenvalue weighted by molar-refractivity contribution is 9.13. The van der Waals surface area contributed by atoms with Crippen LogP contribution in [0.2, 0.25) is 5.02 Å². The minimum Gasteiger partial charge on any atom is -0.293 e. The lowest BCUT2D eigenvalue weighted by atomic mass is 10.1. The summed E-state index contributed by atoms with van der Waals surface area (Å²) < 4.78 is 3.50. The average molecular weight is 427 g/mol. The zero-order valence-corrected chi connectivity index (χ0v) is 15.1. The molecule has 2 rings (SSSR count). The summed E-state index contributed by atoms with van der Waals surface area (Å²) >= 11 is 14.4. The molecule has 2 aromatic heterocycles. The van der Waals surface area contributed by atoms with Crippen LogP contribution in [0.4, 0.5) is 0 Å². The van der Waals surface area contributed by atoms with Gasteiger partial charge in [0.1, 0.15) is 0 Å². The molecule has 3 nitrogen and oxygen atoms in total. The van der Waals surface area contributed by atoms with E-state index in [1.54, 1.807) is 4.68 Å². The van der Waals surface area contributed by atoms with Crippen molar-refractivity contribution in [2.45, 2.75) is 19.8 Å². The molecular formula is C12H11Br2ClN2OS. The van der Waals surface area contributed by atoms with Gasteiger partial charge in [0.25, 0.3) is 0 Å². The quantitative estimate of drug-likeness (QED) is 0.667. The molecule has 0 atom stereocenters. The van der Waals surface area contributed by atoms with Gasteiger partial charge in [-0.15, -0.1) is 11.3 Å². The molecule has 2 heterocycles. The first-order chi connectivity index (χ1) is 8.93. The van der Waals surface area contributed by atoms with Crippen LogP contribution >= 0.6 is 54.8 Å². The Balaban J connectivity index is 2.26. The summed E-state index contributed by atoms with van der Waals surface area (Å²) in [6.45, 7) is 1.99. The van der Waals surface area contributed by atoms with E-state index in [9.17, 15) is 4.79 Å². The number of rotatable bonds is 4. The lowest BCUT2D eigenvalue weighted by Crippen LogP contribution is -2.07. The van der Waals surface area contributed by atoms with Crippen LogP contribution < -0.4 is 0 Å². The number of hydrogen-bond acceptors (Lipinski definition) is 3. The van der Waals surface area contributed by atoms with Crippen molar-refractivity contribution in [3.63, 3.8) is 0 Å². The highest BCUT2D eigenvalue weighted by Crippen LogP contribution is 2.33. The second kappa shape index (κ2) is 6.08. The summed E-state index contributed by atoms with van der Waals surface area (Å²) in [6.07, 6.45) is 1.03. The van der Waals surface area contributed by atoms with Crippen molar-refractivity contribution in [1.82, 2.24) is 9.78 Å². The molecule has 0 aromatic carbocycles. The van der Waals surface area contributed by atoms with Crippen molar-refractivity contribution in [1.29, 1.82) is 0 Å². The molecule has 0 spiro atoms. The van der Waals surface area contributed by atoms with E-state index in [-0.39, 0.29) is 12.2 Å². The van der Waals surface area contributed by atoms with Crippen LogP contribution in [-0.2, 0) is 19.9 Å². The summed E-state index contributed by atoms with van der Waals surface area (Å²) in [4.78, 5) is 13.0. The monoisotopic (exact) mass is 424 g/mol. The molecule has 19 heavy (non-hydrogen) atoms. The Bertz CT molecular complexity index is 616. The van der Waals surface area contributed by atoms with E-state index in [2.05, 4.69) is 37.0 Å². The van der Waals surface area contributed by atoms with Gasteiger partial charge in [-0.1, -0.05) is 18.5 Å². The van der Waals surface area contributed by atoms with Crippen molar-refractivity contribution >= 4 is 60.6 Å². The van der Waals surface area contributed by atoms with E-state index in [0.29, 0.717) is 9.90 Å². The van der Waals surface area contributed by atoms with Gasteiger partial charge in [0, 0.05) is 11.5 Å². The molecule has 2 aromatic rings. The fourth-order valence-electron chi connectivity index (χ4n) is 1.74. The van der Waals surface area contributed by atoms with Crippen LogP contribution in [0.3, 0.4) is 0 Å². The number of hydrogen-bond donors (Lipinski definition) is 0. The van der Waals surface area contributed by atoms with Gasteiger partial charge < -0.3 is 0 Å². The number of Topliss-reactive ketones (excluding diaryl/α,β-unsaturated/α-hetero) is 1. The van der Waals surface area contributed by atoms with E-state index < -0.39 is 0 Å². The Morgan fingerprint density at radius 1 is 1.53 bits per heavy atom. The van der Waals surface area contributed by atoms with Crippen molar-refractivity contribution in [2.24, 2.45) is 7.05 Å². The number of aromatic nitrogens is 2. The van der Waals surface area contributed by atoms with Crippen LogP contribution in [0.25, 0.3) is 0 Å². The molecule has 0 aliphatic rings. The van der Waals surface area contributed by atoms with Crippen molar-refractivity contribution < 1.29 is 4.79 Å². The van der Waals surface area contributed by atoms with Crippen LogP contribution in [0.1, 0.15) is 28.0 Å². The molecule has 0 saturated heterocycles. The zero-order chi connectivity index (χ0) is 14.2. The van der Waals surface area contributed by atoms with Crippen molar-refractivity contribution in [3.8, 4) is 0 Å². The molecule has 0 amide bonds. The van der Waals surface area contributed by atoms with E-state index in [1.165, 1.54) is 11.3 Å². The number of thiophene rings is 1. The van der Waals surface area contributed by atoms with Gasteiger partial charge in [-0.2, -0.15) is 5.10 Å². The van der Waals surface area contributed by atoms with Gasteiger partial charge in [0.15, 0.2) is 5.78 Å². The van der Waals surface area contributed by atoms with Crippen LogP contribution in [0, 0.1) is 0 Å². The number of carbonyl (C=O) groups excluding carboxylic acids is 1. The molecule has 0 bridgehead atoms. The Kier molecular flexibility index (Phi) is 4.87. The standard InChI is InChI=1S/C12H11Br2ClN2OS/c1-3-7-11(15)8(17(2)16-7)5-9(18)10-4-6(13)12(14)19-10/h4H,3,5H2,1-2H3. The second-order valence-corrected chi connectivity index (χ2v) is 7.62. The highest BCUT2D eigenvalue weighted by atomic mass is 79.9. The maximum absolute atomic E-state index is 12.3. The SMILES string of the molecule is CCc1nn(C)c(CC(=O)c2cc(Br)c(Br)s2)c1Cl. The molecule has 102 valence electrons. The maximum Gasteiger partial charge on any atom is 0.178 e. The summed E-state index contributed by atoms with van der Waals surface area (Å²) in [6, 6.07) is 1.82. The lowest BCUT2D eigenvalue weighted by Gasteiger charge is -2.00. The Morgan fingerprint density at radius 2 is 2.21 bits per heavy atom. The predicted octanol–water partition coefficient (Wildman–Crippen LogP) is 4.65. The fraction of sp³-hybridized carbons (Fsp3) is 0.333. The molecule has 0 saturated carbocycles. The third kappa shape index (κ3) is 3.12. The first-order valence-corrected chi connectivity index (χ1v) is 8.40. The summed E-state index contributed by atoms with van der Waals surface area (Å²) in [5.74, 6) is 0.0453. The van der Waals surface area contributed by atoms with Gasteiger partial charge in [-0.25, -0.2) is 0 Å². The van der Waals surface area contributed by atoms with Gasteiger partial charge in [-0.05, 0) is 44.3 Å². The third-order valence-corrected chi connectivity index (χ3v) is 6.48. The minimum absolute atomic E-state index is 0.0453. The maximum atomic E-state index is 12.3. The number of carbonyl (C=O) groups is 1. The average Bonchev–Trinajstić information content (AvgIpc) is 2.84. The van der Waals surface area contributed by atoms with Crippen LogP contribution in [0.5, 0.6) is 0 Å². The third-order valence-electron chi connectivity index (χ3n) is 2.75. The Hall–Kier alpha value is -0.170. The molecule has 0 aliphatic carbocycles. The molecule has 0 fully saturated rings. The largest absolute Gasteiger partial charge is 0.293 e. The van der Waals surface area contributed by atoms with Crippen molar-refractivity contribution in [2.75, 3.05) is 0 Å². The van der Waals surface area contributed by atoms with Gasteiger partial charge in [0.05, 0.1) is 31.5 Å². The van der Waals surface area contributed by atoms with Gasteiger partial charge in [-0.3, -0.25) is 9.48 Å². The van der Waals surface area contributed by atoms with Gasteiger partial charge >= 0.3 is 0 Å². The van der Waals surface area contributed by atoms with Crippen molar-refractivity contribution in [3.05, 3.63) is 35.6 Å². The molecular weight excluding hydrogens is 415 g/mol. The first-order valence-electron chi connectivity index (χ1n) is 5.62. The predicted molar refractivity (Wildman–Crippen MR) is 85.3 cm³/mol. The smallest absolute Gasteiger partial charge is 0.178 e. The van der Waals surface area contributed by atoms with Gasteiger partial charge in [0.2, 0.25) is 0 Å². The Labute approximate surface area is 137 Å². The number of aryl methyl sites for hydroxylation is 2. The van der Waals surface area contributed by atoms with E-state index in [4.69, 9.17) is 11.6 Å². The normalized spacial score (nSPS) is 11.0. The molecule has 0 radical (unpaired) electrons. The second-order valence-electron chi connectivity index (χ2n) is 4.02. The van der Waals surface area contributed by atoms with E-state index in [1.807, 2.05) is 20.0 Å². The van der Waals surface area contributed by atoms with Crippen LogP contribution in [0.15, 0.2) is 14.3 Å². The van der Waals surface area contributed by atoms with Crippen LogP contribution in [-0.4, -0.2) is 15.6 Å². The summed E-state index contributed by atoms with van der Waals surface area (Å²) in [7, 11) is 1.81. The number of halogens is 3. The Morgan fingerprint density at radius 3 is 2.68 bits per heavy atom. The summed E-state index contributed by atoms with van der Waals surface area (Å²) in [5, 5.41) is 4.92. The molecule has 0 unspecified atom stereocenters. The topological polar surface area (TPSA) is 34.9 Å². The first kappa shape index (κ1) is 15.2. The highest BCUT2D eigenvalue weighted by Gasteiger charge is 2.19. The molecule has 7 heteroatoms. The minimum atomic E-state index is 0.0453. The number of nitrogens with zero attached hydrogens (tertiary/aromatic N) is 2. The van der Waals surface area contributed by atoms with E-state index >= 15 is 0 Å². The summed E-state index contributed by atoms with van der Waals surface area (Å²) in [5.41, 5.74) is 1.60. The fourth-order valence-corrected chi connectivity index (χ4v) is 4.07. The zero-order valence-electron chi connectivity index (χ0n) is 10.3. The number of ketones is 1. The molecule has 0 N–H and O–H groups in total. The van der Waals surface area contributed by atoms with E-state index in [0.717, 1.165) is 26.1 Å².